The summed E-state index contributed by atoms with van der Waals surface area (Å²) >= 11 is 0. The zero-order chi connectivity index (χ0) is 13.7. The van der Waals surface area contributed by atoms with E-state index in [0.29, 0.717) is 6.54 Å². The van der Waals surface area contributed by atoms with E-state index in [2.05, 4.69) is 13.0 Å². The molecule has 0 fully saturated rings. The third-order valence-electron chi connectivity index (χ3n) is 0.811. The van der Waals surface area contributed by atoms with E-state index in [1.807, 2.05) is 30.3 Å². The van der Waals surface area contributed by atoms with Gasteiger partial charge in [0.2, 0.25) is 0 Å². The number of hydrogen-bond acceptors (Lipinski definition) is 4. The van der Waals surface area contributed by atoms with E-state index in [-0.39, 0.29) is 21.7 Å². The molecule has 0 radical (unpaired) electrons. The van der Waals surface area contributed by atoms with E-state index >= 15 is 0 Å². The SMILES string of the molecule is CO.CO.CO.[CH2-]CCN.[Ti+2].[c-]1ccccc1. The Bertz CT molecular complexity index is 114. The van der Waals surface area contributed by atoms with Crippen molar-refractivity contribution in [3.05, 3.63) is 43.3 Å². The van der Waals surface area contributed by atoms with Gasteiger partial charge in [-0.3, -0.25) is 0 Å². The van der Waals surface area contributed by atoms with Crippen molar-refractivity contribution in [3.63, 3.8) is 0 Å². The molecule has 0 saturated carbocycles. The quantitative estimate of drug-likeness (QED) is 0.445. The molecule has 0 saturated heterocycles. The monoisotopic (exact) mass is 279 g/mol. The fourth-order valence-corrected chi connectivity index (χ4v) is 0.342. The summed E-state index contributed by atoms with van der Waals surface area (Å²) in [6.07, 6.45) is 0.847. The molecule has 5 heteroatoms. The standard InChI is InChI=1S/C6H5.C3H8N.3CH4O.Ti/c1-2-4-6-5-3-1;1-2-3-4;3*1-2;/h1-5H;1-4H2;3*2H,1H3;/q2*-1;;;;+2. The Hall–Kier alpha value is -0.226. The zero-order valence-electron chi connectivity index (χ0n) is 10.9. The second kappa shape index (κ2) is 57.0. The van der Waals surface area contributed by atoms with Crippen LogP contribution in [0.2, 0.25) is 0 Å². The predicted molar refractivity (Wildman–Crippen MR) is 68.7 cm³/mol. The third-order valence-corrected chi connectivity index (χ3v) is 0.811. The average molecular weight is 279 g/mol. The van der Waals surface area contributed by atoms with E-state index in [4.69, 9.17) is 21.1 Å². The van der Waals surface area contributed by atoms with Gasteiger partial charge in [0.05, 0.1) is 0 Å². The largest absolute Gasteiger partial charge is 2.00 e. The topological polar surface area (TPSA) is 86.7 Å². The summed E-state index contributed by atoms with van der Waals surface area (Å²) < 4.78 is 0. The molecule has 0 aromatic heterocycles. The van der Waals surface area contributed by atoms with Crippen molar-refractivity contribution in [1.82, 2.24) is 0 Å². The van der Waals surface area contributed by atoms with Gasteiger partial charge in [-0.25, -0.2) is 0 Å². The second-order valence-electron chi connectivity index (χ2n) is 1.72. The van der Waals surface area contributed by atoms with E-state index in [1.165, 1.54) is 0 Å². The van der Waals surface area contributed by atoms with Gasteiger partial charge >= 0.3 is 21.7 Å². The van der Waals surface area contributed by atoms with Gasteiger partial charge in [-0.2, -0.15) is 42.8 Å². The number of nitrogens with two attached hydrogens (primary N) is 1. The first-order valence-corrected chi connectivity index (χ1v) is 4.66. The van der Waals surface area contributed by atoms with Crippen LogP contribution in [0.1, 0.15) is 6.42 Å². The summed E-state index contributed by atoms with van der Waals surface area (Å²) in [6.45, 7) is 4.19. The maximum Gasteiger partial charge on any atom is 2.00 e. The molecule has 0 bridgehead atoms. The summed E-state index contributed by atoms with van der Waals surface area (Å²) in [6, 6.07) is 12.5. The molecular formula is C12H25NO3Ti. The summed E-state index contributed by atoms with van der Waals surface area (Å²) in [5.74, 6) is 0. The Morgan fingerprint density at radius 2 is 1.24 bits per heavy atom. The van der Waals surface area contributed by atoms with Crippen LogP contribution in [0, 0.1) is 13.0 Å². The van der Waals surface area contributed by atoms with Crippen LogP contribution < -0.4 is 5.73 Å². The first-order chi connectivity index (χ1) is 7.91. The van der Waals surface area contributed by atoms with E-state index in [9.17, 15) is 0 Å². The first kappa shape index (κ1) is 30.1. The molecule has 0 heterocycles. The van der Waals surface area contributed by atoms with Crippen LogP contribution in [-0.2, 0) is 21.7 Å². The Morgan fingerprint density at radius 3 is 1.29 bits per heavy atom. The zero-order valence-corrected chi connectivity index (χ0v) is 12.5. The van der Waals surface area contributed by atoms with Crippen LogP contribution in [0.4, 0.5) is 0 Å². The molecule has 0 spiro atoms. The number of hydrogen-bond donors (Lipinski definition) is 4. The molecule has 1 rings (SSSR count). The molecule has 1 aromatic carbocycles. The maximum absolute atomic E-state index is 7.00. The predicted octanol–water partition coefficient (Wildman–Crippen LogP) is 0.479. The Balaban J connectivity index is -0.0000000390. The summed E-state index contributed by atoms with van der Waals surface area (Å²) in [5, 5.41) is 21.0. The van der Waals surface area contributed by atoms with Crippen molar-refractivity contribution in [2.75, 3.05) is 27.9 Å². The molecule has 4 nitrogen and oxygen atoms in total. The van der Waals surface area contributed by atoms with Crippen LogP contribution in [0.3, 0.4) is 0 Å². The van der Waals surface area contributed by atoms with Crippen molar-refractivity contribution < 1.29 is 37.0 Å². The van der Waals surface area contributed by atoms with Crippen LogP contribution in [0.15, 0.2) is 30.3 Å². The van der Waals surface area contributed by atoms with E-state index in [1.54, 1.807) is 0 Å². The van der Waals surface area contributed by atoms with Crippen LogP contribution in [0.5, 0.6) is 0 Å². The van der Waals surface area contributed by atoms with Gasteiger partial charge < -0.3 is 28.0 Å². The number of rotatable bonds is 1. The molecule has 0 aliphatic heterocycles. The average Bonchev–Trinajstić information content (AvgIpc) is 2.47. The summed E-state index contributed by atoms with van der Waals surface area (Å²) in [4.78, 5) is 0. The van der Waals surface area contributed by atoms with Crippen molar-refractivity contribution in [3.8, 4) is 0 Å². The van der Waals surface area contributed by atoms with Crippen molar-refractivity contribution in [2.24, 2.45) is 5.73 Å². The minimum Gasteiger partial charge on any atom is -0.400 e. The minimum absolute atomic E-state index is 0. The van der Waals surface area contributed by atoms with Gasteiger partial charge in [0.1, 0.15) is 0 Å². The first-order valence-electron chi connectivity index (χ1n) is 4.66. The van der Waals surface area contributed by atoms with E-state index in [0.717, 1.165) is 27.8 Å². The van der Waals surface area contributed by atoms with Gasteiger partial charge in [0.25, 0.3) is 0 Å². The maximum atomic E-state index is 7.00. The van der Waals surface area contributed by atoms with Gasteiger partial charge in [-0.05, 0) is 6.54 Å². The van der Waals surface area contributed by atoms with Gasteiger partial charge in [0, 0.05) is 21.3 Å². The van der Waals surface area contributed by atoms with Crippen LogP contribution in [-0.4, -0.2) is 43.2 Å². The minimum atomic E-state index is 0. The summed E-state index contributed by atoms with van der Waals surface area (Å²) in [7, 11) is 3.00. The molecule has 5 N–H and O–H groups in total. The molecule has 0 aliphatic rings. The van der Waals surface area contributed by atoms with Crippen molar-refractivity contribution in [2.45, 2.75) is 6.42 Å². The van der Waals surface area contributed by atoms with Gasteiger partial charge in [0.15, 0.2) is 0 Å². The second-order valence-corrected chi connectivity index (χ2v) is 1.72. The van der Waals surface area contributed by atoms with E-state index < -0.39 is 0 Å². The molecule has 0 unspecified atom stereocenters. The molecule has 0 aliphatic carbocycles. The number of benzene rings is 1. The fraction of sp³-hybridized carbons (Fsp3) is 0.417. The van der Waals surface area contributed by atoms with Gasteiger partial charge in [-0.1, -0.05) is 0 Å². The van der Waals surface area contributed by atoms with Crippen LogP contribution in [0.25, 0.3) is 0 Å². The summed E-state index contributed by atoms with van der Waals surface area (Å²) in [5.41, 5.74) is 4.97. The Morgan fingerprint density at radius 1 is 0.941 bits per heavy atom. The van der Waals surface area contributed by atoms with Crippen molar-refractivity contribution in [1.29, 1.82) is 0 Å². The Labute approximate surface area is 120 Å². The number of aliphatic hydroxyl groups is 3. The molecule has 17 heavy (non-hydrogen) atoms. The third kappa shape index (κ3) is 65.2. The van der Waals surface area contributed by atoms with Crippen molar-refractivity contribution >= 4 is 0 Å². The molecular weight excluding hydrogens is 254 g/mol. The van der Waals surface area contributed by atoms with Crippen LogP contribution >= 0.6 is 0 Å². The normalized spacial score (nSPS) is 5.65. The Kier molecular flexibility index (Phi) is 101. The smallest absolute Gasteiger partial charge is 0.400 e. The van der Waals surface area contributed by atoms with Gasteiger partial charge in [-0.15, -0.1) is 0 Å². The molecule has 0 atom stereocenters. The fourth-order valence-electron chi connectivity index (χ4n) is 0.342. The molecule has 100 valence electrons. The molecule has 0 amide bonds. The molecule has 1 aromatic rings. The number of aliphatic hydroxyl groups excluding tert-OH is 3.